The standard InChI is InChI=1S/C8H7IO4/c1-13-6-3-4(8(11)12)2-5(9)7(6)10/h2-3,10H,1H3,(H,11,12). The normalized spacial score (nSPS) is 9.69. The van der Waals surface area contributed by atoms with Gasteiger partial charge >= 0.3 is 5.97 Å². The fourth-order valence-corrected chi connectivity index (χ4v) is 1.45. The predicted molar refractivity (Wildman–Crippen MR) is 54.3 cm³/mol. The SMILES string of the molecule is COc1cc(C(=O)O)cc(I)c1O. The molecule has 13 heavy (non-hydrogen) atoms. The Balaban J connectivity index is 3.30. The highest BCUT2D eigenvalue weighted by Crippen LogP contribution is 2.32. The Bertz CT molecular complexity index is 348. The maximum Gasteiger partial charge on any atom is 0.335 e. The van der Waals surface area contributed by atoms with E-state index in [1.165, 1.54) is 19.2 Å². The molecule has 0 heterocycles. The molecule has 2 N–H and O–H groups in total. The van der Waals surface area contributed by atoms with Crippen molar-refractivity contribution in [2.75, 3.05) is 7.11 Å². The summed E-state index contributed by atoms with van der Waals surface area (Å²) in [7, 11) is 1.37. The van der Waals surface area contributed by atoms with Crippen LogP contribution >= 0.6 is 22.6 Å². The Kier molecular flexibility index (Phi) is 2.97. The van der Waals surface area contributed by atoms with Crippen molar-refractivity contribution in [2.24, 2.45) is 0 Å². The van der Waals surface area contributed by atoms with Gasteiger partial charge < -0.3 is 14.9 Å². The topological polar surface area (TPSA) is 66.8 Å². The first-order valence-corrected chi connectivity index (χ1v) is 4.44. The van der Waals surface area contributed by atoms with Crippen LogP contribution < -0.4 is 4.74 Å². The predicted octanol–water partition coefficient (Wildman–Crippen LogP) is 1.70. The second kappa shape index (κ2) is 3.82. The lowest BCUT2D eigenvalue weighted by Crippen LogP contribution is -1.98. The van der Waals surface area contributed by atoms with Gasteiger partial charge in [0.15, 0.2) is 11.5 Å². The van der Waals surface area contributed by atoms with Crippen LogP contribution in [-0.4, -0.2) is 23.3 Å². The van der Waals surface area contributed by atoms with Crippen molar-refractivity contribution in [2.45, 2.75) is 0 Å². The molecule has 0 saturated carbocycles. The van der Waals surface area contributed by atoms with E-state index in [1.54, 1.807) is 0 Å². The first kappa shape index (κ1) is 10.1. The minimum absolute atomic E-state index is 0.0342. The molecule has 0 atom stereocenters. The fourth-order valence-electron chi connectivity index (χ4n) is 0.853. The molecule has 0 saturated heterocycles. The molecule has 0 aliphatic carbocycles. The summed E-state index contributed by atoms with van der Waals surface area (Å²) in [6.07, 6.45) is 0. The monoisotopic (exact) mass is 294 g/mol. The number of aromatic carboxylic acids is 1. The number of halogens is 1. The van der Waals surface area contributed by atoms with Crippen LogP contribution in [0.3, 0.4) is 0 Å². The van der Waals surface area contributed by atoms with E-state index in [-0.39, 0.29) is 17.1 Å². The van der Waals surface area contributed by atoms with Crippen molar-refractivity contribution in [3.8, 4) is 11.5 Å². The molecule has 0 radical (unpaired) electrons. The largest absolute Gasteiger partial charge is 0.504 e. The summed E-state index contributed by atoms with van der Waals surface area (Å²) < 4.78 is 5.25. The molecule has 1 aromatic rings. The summed E-state index contributed by atoms with van der Waals surface area (Å²) in [6.45, 7) is 0. The van der Waals surface area contributed by atoms with Crippen molar-refractivity contribution in [3.05, 3.63) is 21.3 Å². The Hall–Kier alpha value is -0.980. The molecule has 0 unspecified atom stereocenters. The number of rotatable bonds is 2. The number of carboxylic acid groups (broad SMARTS) is 1. The zero-order valence-corrected chi connectivity index (χ0v) is 8.90. The number of carbonyl (C=O) groups is 1. The summed E-state index contributed by atoms with van der Waals surface area (Å²) in [5.74, 6) is -0.909. The van der Waals surface area contributed by atoms with E-state index < -0.39 is 5.97 Å². The van der Waals surface area contributed by atoms with Gasteiger partial charge in [-0.15, -0.1) is 0 Å². The first-order valence-electron chi connectivity index (χ1n) is 3.36. The smallest absolute Gasteiger partial charge is 0.335 e. The fraction of sp³-hybridized carbons (Fsp3) is 0.125. The molecule has 0 spiro atoms. The first-order chi connectivity index (χ1) is 6.06. The van der Waals surface area contributed by atoms with Gasteiger partial charge in [-0.05, 0) is 34.7 Å². The van der Waals surface area contributed by atoms with Crippen LogP contribution in [0.1, 0.15) is 10.4 Å². The number of hydrogen-bond donors (Lipinski definition) is 2. The number of benzene rings is 1. The lowest BCUT2D eigenvalue weighted by Gasteiger charge is -2.05. The minimum Gasteiger partial charge on any atom is -0.504 e. The van der Waals surface area contributed by atoms with Gasteiger partial charge in [0, 0.05) is 0 Å². The maximum absolute atomic E-state index is 10.6. The van der Waals surface area contributed by atoms with E-state index in [4.69, 9.17) is 9.84 Å². The van der Waals surface area contributed by atoms with Crippen LogP contribution in [0.2, 0.25) is 0 Å². The van der Waals surface area contributed by atoms with Gasteiger partial charge in [-0.1, -0.05) is 0 Å². The molecule has 0 fully saturated rings. The van der Waals surface area contributed by atoms with Gasteiger partial charge in [0.25, 0.3) is 0 Å². The third kappa shape index (κ3) is 2.03. The minimum atomic E-state index is -1.05. The molecule has 0 aliphatic rings. The molecule has 5 heteroatoms. The maximum atomic E-state index is 10.6. The van der Waals surface area contributed by atoms with Crippen LogP contribution in [0.4, 0.5) is 0 Å². The molecule has 0 bridgehead atoms. The Morgan fingerprint density at radius 1 is 1.54 bits per heavy atom. The quantitative estimate of drug-likeness (QED) is 0.815. The van der Waals surface area contributed by atoms with Crippen molar-refractivity contribution in [1.82, 2.24) is 0 Å². The molecule has 4 nitrogen and oxygen atoms in total. The summed E-state index contributed by atoms with van der Waals surface area (Å²) in [4.78, 5) is 10.6. The van der Waals surface area contributed by atoms with Gasteiger partial charge in [-0.25, -0.2) is 4.79 Å². The van der Waals surface area contributed by atoms with Crippen LogP contribution in [0.5, 0.6) is 11.5 Å². The summed E-state index contributed by atoms with van der Waals surface area (Å²) in [6, 6.07) is 2.65. The summed E-state index contributed by atoms with van der Waals surface area (Å²) in [5.41, 5.74) is 0.0963. The van der Waals surface area contributed by atoms with E-state index in [0.717, 1.165) is 0 Å². The molecule has 0 amide bonds. The Morgan fingerprint density at radius 2 is 2.15 bits per heavy atom. The van der Waals surface area contributed by atoms with Crippen molar-refractivity contribution < 1.29 is 19.7 Å². The average Bonchev–Trinajstić information content (AvgIpc) is 2.09. The van der Waals surface area contributed by atoms with Gasteiger partial charge in [0.2, 0.25) is 0 Å². The van der Waals surface area contributed by atoms with Gasteiger partial charge in [-0.2, -0.15) is 0 Å². The lowest BCUT2D eigenvalue weighted by molar-refractivity contribution is 0.0696. The molecule has 0 aliphatic heterocycles. The summed E-state index contributed by atoms with van der Waals surface area (Å²) in [5, 5.41) is 18.1. The van der Waals surface area contributed by atoms with E-state index in [1.807, 2.05) is 22.6 Å². The number of ether oxygens (including phenoxy) is 1. The number of carboxylic acids is 1. The van der Waals surface area contributed by atoms with Crippen LogP contribution in [-0.2, 0) is 0 Å². The third-order valence-corrected chi connectivity index (χ3v) is 2.32. The molecule has 70 valence electrons. The average molecular weight is 294 g/mol. The van der Waals surface area contributed by atoms with E-state index >= 15 is 0 Å². The molecule has 1 rings (SSSR count). The molecular weight excluding hydrogens is 287 g/mol. The highest BCUT2D eigenvalue weighted by molar-refractivity contribution is 14.1. The van der Waals surface area contributed by atoms with Crippen molar-refractivity contribution >= 4 is 28.6 Å². The Morgan fingerprint density at radius 3 is 2.62 bits per heavy atom. The summed E-state index contributed by atoms with van der Waals surface area (Å²) >= 11 is 1.84. The second-order valence-corrected chi connectivity index (χ2v) is 3.48. The van der Waals surface area contributed by atoms with E-state index in [9.17, 15) is 9.90 Å². The zero-order valence-electron chi connectivity index (χ0n) is 6.74. The van der Waals surface area contributed by atoms with Crippen molar-refractivity contribution in [3.63, 3.8) is 0 Å². The lowest BCUT2D eigenvalue weighted by atomic mass is 10.2. The molecule has 0 aromatic heterocycles. The number of methoxy groups -OCH3 is 1. The highest BCUT2D eigenvalue weighted by atomic mass is 127. The van der Waals surface area contributed by atoms with E-state index in [2.05, 4.69) is 0 Å². The number of hydrogen-bond acceptors (Lipinski definition) is 3. The Labute approximate surface area is 88.3 Å². The molecule has 1 aromatic carbocycles. The zero-order chi connectivity index (χ0) is 10.0. The van der Waals surface area contributed by atoms with Crippen molar-refractivity contribution in [1.29, 1.82) is 0 Å². The van der Waals surface area contributed by atoms with Crippen LogP contribution in [0, 0.1) is 3.57 Å². The van der Waals surface area contributed by atoms with Crippen LogP contribution in [0.15, 0.2) is 12.1 Å². The molecular formula is C8H7IO4. The van der Waals surface area contributed by atoms with E-state index in [0.29, 0.717) is 3.57 Å². The third-order valence-electron chi connectivity index (χ3n) is 1.50. The van der Waals surface area contributed by atoms with Gasteiger partial charge in [0.05, 0.1) is 16.2 Å². The highest BCUT2D eigenvalue weighted by Gasteiger charge is 2.11. The number of aromatic hydroxyl groups is 1. The van der Waals surface area contributed by atoms with Crippen LogP contribution in [0.25, 0.3) is 0 Å². The van der Waals surface area contributed by atoms with Gasteiger partial charge in [0.1, 0.15) is 0 Å². The van der Waals surface area contributed by atoms with Gasteiger partial charge in [-0.3, -0.25) is 0 Å². The second-order valence-electron chi connectivity index (χ2n) is 2.31. The number of phenolic OH excluding ortho intramolecular Hbond substituents is 1. The number of phenols is 1.